The number of carbonyl (C=O) groups is 1. The second-order valence-electron chi connectivity index (χ2n) is 6.23. The number of rotatable bonds is 15. The first kappa shape index (κ1) is 20.8. The van der Waals surface area contributed by atoms with Crippen LogP contribution >= 0.6 is 0 Å². The maximum Gasteiger partial charge on any atom is 0.303 e. The lowest BCUT2D eigenvalue weighted by atomic mass is 10.0. The van der Waals surface area contributed by atoms with Crippen molar-refractivity contribution in [3.8, 4) is 0 Å². The second-order valence-corrected chi connectivity index (χ2v) is 6.23. The molecule has 0 saturated carbocycles. The second kappa shape index (κ2) is 14.7. The Labute approximate surface area is 136 Å². The molecule has 0 unspecified atom stereocenters. The molecule has 0 rings (SSSR count). The van der Waals surface area contributed by atoms with Gasteiger partial charge in [-0.1, -0.05) is 58.3 Å². The average Bonchev–Trinajstić information content (AvgIpc) is 2.49. The molecule has 0 heterocycles. The summed E-state index contributed by atoms with van der Waals surface area (Å²) >= 11 is 0. The zero-order valence-corrected chi connectivity index (χ0v) is 14.4. The van der Waals surface area contributed by atoms with Crippen molar-refractivity contribution in [2.24, 2.45) is 11.5 Å². The van der Waals surface area contributed by atoms with E-state index in [4.69, 9.17) is 16.6 Å². The molecule has 0 aliphatic heterocycles. The van der Waals surface area contributed by atoms with Crippen LogP contribution in [0.1, 0.15) is 96.8 Å². The van der Waals surface area contributed by atoms with E-state index in [2.05, 4.69) is 6.92 Å². The predicted octanol–water partition coefficient (Wildman–Crippen LogP) is 4.68. The lowest BCUT2D eigenvalue weighted by molar-refractivity contribution is -0.137. The first-order valence-corrected chi connectivity index (χ1v) is 9.02. The number of allylic oxidation sites excluding steroid dienone is 2. The van der Waals surface area contributed by atoms with Gasteiger partial charge >= 0.3 is 5.97 Å². The van der Waals surface area contributed by atoms with Gasteiger partial charge in [0.2, 0.25) is 0 Å². The summed E-state index contributed by atoms with van der Waals surface area (Å²) in [5.74, 6) is -0.699. The fraction of sp³-hybridized carbons (Fsp3) is 0.833. The van der Waals surface area contributed by atoms with Crippen LogP contribution in [0.5, 0.6) is 0 Å². The molecule has 0 bridgehead atoms. The molecule has 130 valence electrons. The monoisotopic (exact) mass is 312 g/mol. The van der Waals surface area contributed by atoms with Crippen molar-refractivity contribution in [3.63, 3.8) is 0 Å². The molecule has 0 fully saturated rings. The summed E-state index contributed by atoms with van der Waals surface area (Å²) < 4.78 is 0. The molecule has 4 heteroatoms. The molecular formula is C18H36N2O2. The van der Waals surface area contributed by atoms with Gasteiger partial charge < -0.3 is 16.6 Å². The van der Waals surface area contributed by atoms with E-state index in [1.807, 2.05) is 0 Å². The Bertz CT molecular complexity index is 314. The zero-order chi connectivity index (χ0) is 16.6. The van der Waals surface area contributed by atoms with Gasteiger partial charge in [-0.25, -0.2) is 0 Å². The highest BCUT2D eigenvalue weighted by Gasteiger charge is 2.01. The Morgan fingerprint density at radius 3 is 1.45 bits per heavy atom. The lowest BCUT2D eigenvalue weighted by Crippen LogP contribution is -2.10. The van der Waals surface area contributed by atoms with Crippen LogP contribution in [-0.2, 0) is 4.79 Å². The highest BCUT2D eigenvalue weighted by atomic mass is 16.4. The summed E-state index contributed by atoms with van der Waals surface area (Å²) in [7, 11) is 0. The summed E-state index contributed by atoms with van der Waals surface area (Å²) in [6, 6.07) is 0. The van der Waals surface area contributed by atoms with Crippen LogP contribution in [0.3, 0.4) is 0 Å². The van der Waals surface area contributed by atoms with Crippen LogP contribution in [0.15, 0.2) is 11.4 Å². The van der Waals surface area contributed by atoms with Crippen molar-refractivity contribution < 1.29 is 9.90 Å². The minimum atomic E-state index is -0.699. The molecule has 0 saturated heterocycles. The highest BCUT2D eigenvalue weighted by Crippen LogP contribution is 2.14. The molecule has 0 amide bonds. The van der Waals surface area contributed by atoms with Crippen LogP contribution in [0.25, 0.3) is 0 Å². The predicted molar refractivity (Wildman–Crippen MR) is 93.3 cm³/mol. The minimum absolute atomic E-state index is 0.285. The Kier molecular flexibility index (Phi) is 13.9. The van der Waals surface area contributed by atoms with Gasteiger partial charge in [0.05, 0.1) is 0 Å². The van der Waals surface area contributed by atoms with E-state index in [0.29, 0.717) is 0 Å². The lowest BCUT2D eigenvalue weighted by Gasteiger charge is -2.08. The molecule has 0 aromatic heterocycles. The number of hydrogen-bond acceptors (Lipinski definition) is 3. The molecule has 5 N–H and O–H groups in total. The van der Waals surface area contributed by atoms with Crippen molar-refractivity contribution in [2.75, 3.05) is 0 Å². The zero-order valence-electron chi connectivity index (χ0n) is 14.4. The third-order valence-electron chi connectivity index (χ3n) is 4.05. The summed E-state index contributed by atoms with van der Waals surface area (Å²) in [6.45, 7) is 2.23. The number of carboxylic acid groups (broad SMARTS) is 1. The molecule has 4 nitrogen and oxygen atoms in total. The average molecular weight is 312 g/mol. The van der Waals surface area contributed by atoms with E-state index in [9.17, 15) is 4.79 Å². The van der Waals surface area contributed by atoms with Crippen molar-refractivity contribution >= 4 is 5.97 Å². The van der Waals surface area contributed by atoms with E-state index in [-0.39, 0.29) is 6.42 Å². The Balaban J connectivity index is 3.53. The quantitative estimate of drug-likeness (QED) is 0.383. The van der Waals surface area contributed by atoms with Crippen molar-refractivity contribution in [3.05, 3.63) is 11.4 Å². The number of unbranched alkanes of at least 4 members (excludes halogenated alkanes) is 9. The largest absolute Gasteiger partial charge is 0.481 e. The van der Waals surface area contributed by atoms with Crippen molar-refractivity contribution in [1.29, 1.82) is 0 Å². The molecule has 0 aromatic carbocycles. The van der Waals surface area contributed by atoms with Crippen LogP contribution in [0.2, 0.25) is 0 Å². The summed E-state index contributed by atoms with van der Waals surface area (Å²) in [6.07, 6.45) is 14.7. The van der Waals surface area contributed by atoms with Crippen molar-refractivity contribution in [2.45, 2.75) is 96.8 Å². The SMILES string of the molecule is CCCCCCCC/C(N)=C(/N)CCCCCCCC(=O)O. The first-order chi connectivity index (χ1) is 10.6. The van der Waals surface area contributed by atoms with E-state index in [1.54, 1.807) is 0 Å². The summed E-state index contributed by atoms with van der Waals surface area (Å²) in [5.41, 5.74) is 13.8. The maximum absolute atomic E-state index is 10.4. The Morgan fingerprint density at radius 2 is 1.05 bits per heavy atom. The van der Waals surface area contributed by atoms with Crippen LogP contribution in [0, 0.1) is 0 Å². The number of hydrogen-bond donors (Lipinski definition) is 3. The van der Waals surface area contributed by atoms with Crippen molar-refractivity contribution in [1.82, 2.24) is 0 Å². The van der Waals surface area contributed by atoms with Gasteiger partial charge in [-0.2, -0.15) is 0 Å². The fourth-order valence-corrected chi connectivity index (χ4v) is 2.54. The van der Waals surface area contributed by atoms with Crippen LogP contribution in [0.4, 0.5) is 0 Å². The van der Waals surface area contributed by atoms with Gasteiger partial charge in [0.1, 0.15) is 0 Å². The van der Waals surface area contributed by atoms with Gasteiger partial charge in [0, 0.05) is 17.8 Å². The standard InChI is InChI=1S/C18H36N2O2/c1-2-3-4-5-7-10-13-16(19)17(20)14-11-8-6-9-12-15-18(21)22/h2-15,19-20H2,1H3,(H,21,22)/b17-16-. The molecule has 0 aliphatic rings. The van der Waals surface area contributed by atoms with Gasteiger partial charge in [0.25, 0.3) is 0 Å². The number of nitrogens with two attached hydrogens (primary N) is 2. The summed E-state index contributed by atoms with van der Waals surface area (Å²) in [4.78, 5) is 10.4. The molecule has 0 atom stereocenters. The topological polar surface area (TPSA) is 89.3 Å². The van der Waals surface area contributed by atoms with Crippen LogP contribution in [-0.4, -0.2) is 11.1 Å². The van der Waals surface area contributed by atoms with E-state index >= 15 is 0 Å². The van der Waals surface area contributed by atoms with Gasteiger partial charge in [-0.05, 0) is 32.1 Å². The van der Waals surface area contributed by atoms with Gasteiger partial charge in [-0.15, -0.1) is 0 Å². The molecule has 0 aromatic rings. The van der Waals surface area contributed by atoms with Gasteiger partial charge in [-0.3, -0.25) is 4.79 Å². The molecular weight excluding hydrogens is 276 g/mol. The van der Waals surface area contributed by atoms with Gasteiger partial charge in [0.15, 0.2) is 0 Å². The Hall–Kier alpha value is -1.19. The molecule has 22 heavy (non-hydrogen) atoms. The highest BCUT2D eigenvalue weighted by molar-refractivity contribution is 5.66. The van der Waals surface area contributed by atoms with E-state index in [1.165, 1.54) is 32.1 Å². The van der Waals surface area contributed by atoms with E-state index in [0.717, 1.165) is 62.8 Å². The Morgan fingerprint density at radius 1 is 0.682 bits per heavy atom. The first-order valence-electron chi connectivity index (χ1n) is 9.02. The number of aliphatic carboxylic acids is 1. The molecule has 0 spiro atoms. The minimum Gasteiger partial charge on any atom is -0.481 e. The fourth-order valence-electron chi connectivity index (χ4n) is 2.54. The number of carboxylic acids is 1. The molecule has 0 aliphatic carbocycles. The normalized spacial score (nSPS) is 12.2. The van der Waals surface area contributed by atoms with Crippen LogP contribution < -0.4 is 11.5 Å². The maximum atomic E-state index is 10.4. The third-order valence-corrected chi connectivity index (χ3v) is 4.05. The summed E-state index contributed by atoms with van der Waals surface area (Å²) in [5, 5.41) is 8.54. The molecule has 0 radical (unpaired) electrons. The third kappa shape index (κ3) is 13.8. The van der Waals surface area contributed by atoms with E-state index < -0.39 is 5.97 Å². The smallest absolute Gasteiger partial charge is 0.303 e.